The van der Waals surface area contributed by atoms with E-state index in [1.54, 1.807) is 19.1 Å². The predicted molar refractivity (Wildman–Crippen MR) is 147 cm³/mol. The minimum absolute atomic E-state index is 0.102. The van der Waals surface area contributed by atoms with Gasteiger partial charge < -0.3 is 25.6 Å². The number of hydrogen-bond donors (Lipinski definition) is 3. The van der Waals surface area contributed by atoms with Crippen molar-refractivity contribution >= 4 is 35.3 Å². The summed E-state index contributed by atoms with van der Waals surface area (Å²) < 4.78 is 4.84. The summed E-state index contributed by atoms with van der Waals surface area (Å²) in [5.41, 5.74) is 1.22. The molecular formula is C28H32N6O8. The highest BCUT2D eigenvalue weighted by molar-refractivity contribution is 5.98. The maximum absolute atomic E-state index is 13.9. The topological polar surface area (TPSA) is 190 Å². The van der Waals surface area contributed by atoms with Crippen LogP contribution in [0, 0.1) is 16.0 Å². The van der Waals surface area contributed by atoms with Gasteiger partial charge in [-0.2, -0.15) is 0 Å². The standard InChI is InChI=1S/C28H32N6O8/c1-16-12-17-5-7-18(8-6-17)13-21(28(39)42-2)31-23(35)15-30-26(37)22-4-3-11-33(22)27(38)24(16)32-25(36)20-10-9-19(14-29-20)34(40)41/h5-10,14,16,21-22,24H,3-4,11-13,15H2,1-2H3,(H,30,37)(H,31,35)(H,32,36)/t16-,21?,22-,24-/m0/s1. The van der Waals surface area contributed by atoms with E-state index in [1.165, 1.54) is 18.1 Å². The molecule has 1 saturated heterocycles. The lowest BCUT2D eigenvalue weighted by atomic mass is 9.91. The van der Waals surface area contributed by atoms with Crippen LogP contribution in [0.15, 0.2) is 42.6 Å². The van der Waals surface area contributed by atoms with Crippen molar-refractivity contribution < 1.29 is 33.6 Å². The van der Waals surface area contributed by atoms with Gasteiger partial charge in [0.1, 0.15) is 30.0 Å². The van der Waals surface area contributed by atoms with E-state index in [4.69, 9.17) is 4.74 Å². The number of ether oxygens (including phenoxy) is 1. The lowest BCUT2D eigenvalue weighted by molar-refractivity contribution is -0.385. The Labute approximate surface area is 241 Å². The third kappa shape index (κ3) is 7.06. The van der Waals surface area contributed by atoms with Crippen LogP contribution < -0.4 is 16.0 Å². The molecular weight excluding hydrogens is 548 g/mol. The molecule has 2 aromatic rings. The van der Waals surface area contributed by atoms with Crippen LogP contribution in [-0.2, 0) is 36.8 Å². The van der Waals surface area contributed by atoms with Gasteiger partial charge in [0.05, 0.1) is 18.6 Å². The maximum Gasteiger partial charge on any atom is 0.328 e. The van der Waals surface area contributed by atoms with Crippen molar-refractivity contribution in [3.8, 4) is 0 Å². The summed E-state index contributed by atoms with van der Waals surface area (Å²) in [4.78, 5) is 80.7. The Hall–Kier alpha value is -4.88. The average molecular weight is 581 g/mol. The van der Waals surface area contributed by atoms with Gasteiger partial charge in [0.25, 0.3) is 11.6 Å². The Morgan fingerprint density at radius 1 is 1.10 bits per heavy atom. The Bertz CT molecular complexity index is 1360. The Balaban J connectivity index is 1.64. The van der Waals surface area contributed by atoms with Crippen LogP contribution in [0.1, 0.15) is 41.4 Å². The van der Waals surface area contributed by atoms with Gasteiger partial charge in [0, 0.05) is 19.0 Å². The molecule has 1 unspecified atom stereocenters. The van der Waals surface area contributed by atoms with Crippen molar-refractivity contribution in [2.45, 2.75) is 50.7 Å². The number of carbonyl (C=O) groups is 5. The van der Waals surface area contributed by atoms with Gasteiger partial charge >= 0.3 is 5.97 Å². The number of nitrogens with one attached hydrogen (secondary N) is 3. The van der Waals surface area contributed by atoms with Crippen LogP contribution in [0.3, 0.4) is 0 Å². The first-order valence-electron chi connectivity index (χ1n) is 13.5. The summed E-state index contributed by atoms with van der Waals surface area (Å²) >= 11 is 0. The first kappa shape index (κ1) is 30.1. The molecule has 3 aliphatic heterocycles. The highest BCUT2D eigenvalue weighted by atomic mass is 16.6. The van der Waals surface area contributed by atoms with E-state index in [1.807, 2.05) is 12.1 Å². The van der Waals surface area contributed by atoms with Crippen LogP contribution in [0.4, 0.5) is 5.69 Å². The zero-order valence-electron chi connectivity index (χ0n) is 23.2. The number of hydrogen-bond acceptors (Lipinski definition) is 9. The van der Waals surface area contributed by atoms with Gasteiger partial charge in [-0.25, -0.2) is 9.78 Å². The van der Waals surface area contributed by atoms with Gasteiger partial charge in [-0.1, -0.05) is 31.2 Å². The third-order valence-electron chi connectivity index (χ3n) is 7.42. The molecule has 14 nitrogen and oxygen atoms in total. The average Bonchev–Trinajstić information content (AvgIpc) is 3.48. The van der Waals surface area contributed by atoms with E-state index in [0.717, 1.165) is 23.4 Å². The monoisotopic (exact) mass is 580 g/mol. The van der Waals surface area contributed by atoms with Crippen molar-refractivity contribution in [1.29, 1.82) is 0 Å². The summed E-state index contributed by atoms with van der Waals surface area (Å²) in [5.74, 6) is -3.34. The van der Waals surface area contributed by atoms with Crippen molar-refractivity contribution in [3.05, 3.63) is 69.5 Å². The molecule has 1 fully saturated rings. The van der Waals surface area contributed by atoms with E-state index in [0.29, 0.717) is 19.3 Å². The molecule has 4 atom stereocenters. The molecule has 222 valence electrons. The quantitative estimate of drug-likeness (QED) is 0.259. The number of carbonyl (C=O) groups excluding carboxylic acids is 5. The second kappa shape index (κ2) is 13.2. The minimum atomic E-state index is -1.05. The maximum atomic E-state index is 13.9. The van der Waals surface area contributed by atoms with Crippen molar-refractivity contribution in [1.82, 2.24) is 25.8 Å². The molecule has 42 heavy (non-hydrogen) atoms. The van der Waals surface area contributed by atoms with Crippen LogP contribution in [0.5, 0.6) is 0 Å². The molecule has 5 rings (SSSR count). The molecule has 4 heterocycles. The number of benzene rings is 1. The van der Waals surface area contributed by atoms with Crippen LogP contribution in [0.25, 0.3) is 0 Å². The van der Waals surface area contributed by atoms with Gasteiger partial charge in [-0.3, -0.25) is 29.3 Å². The van der Waals surface area contributed by atoms with E-state index < -0.39 is 65.1 Å². The molecule has 0 aliphatic carbocycles. The normalized spacial score (nSPS) is 23.3. The number of fused-ring (bicyclic) bond motifs is 11. The molecule has 0 saturated carbocycles. The lowest BCUT2D eigenvalue weighted by Crippen LogP contribution is -2.56. The predicted octanol–water partition coefficient (Wildman–Crippen LogP) is 0.288. The lowest BCUT2D eigenvalue weighted by Gasteiger charge is -2.31. The number of amides is 4. The summed E-state index contributed by atoms with van der Waals surface area (Å²) in [6, 6.07) is 6.77. The minimum Gasteiger partial charge on any atom is -0.467 e. The van der Waals surface area contributed by atoms with Gasteiger partial charge in [-0.15, -0.1) is 0 Å². The summed E-state index contributed by atoms with van der Waals surface area (Å²) in [6.07, 6.45) is 2.42. The number of methoxy groups -OCH3 is 1. The summed E-state index contributed by atoms with van der Waals surface area (Å²) in [6.45, 7) is 1.67. The fourth-order valence-electron chi connectivity index (χ4n) is 5.18. The largest absolute Gasteiger partial charge is 0.467 e. The summed E-state index contributed by atoms with van der Waals surface area (Å²) in [5, 5.41) is 18.9. The molecule has 1 aromatic heterocycles. The van der Waals surface area contributed by atoms with Gasteiger partial charge in [0.15, 0.2) is 0 Å². The molecule has 3 aliphatic rings. The smallest absolute Gasteiger partial charge is 0.328 e. The first-order chi connectivity index (χ1) is 20.1. The zero-order valence-corrected chi connectivity index (χ0v) is 23.2. The third-order valence-corrected chi connectivity index (χ3v) is 7.42. The van der Waals surface area contributed by atoms with E-state index >= 15 is 0 Å². The van der Waals surface area contributed by atoms with E-state index in [2.05, 4.69) is 20.9 Å². The van der Waals surface area contributed by atoms with Gasteiger partial charge in [-0.05, 0) is 42.4 Å². The molecule has 0 radical (unpaired) electrons. The second-order valence-corrected chi connectivity index (χ2v) is 10.4. The Morgan fingerprint density at radius 2 is 1.79 bits per heavy atom. The second-order valence-electron chi connectivity index (χ2n) is 10.4. The molecule has 14 heteroatoms. The van der Waals surface area contributed by atoms with Crippen molar-refractivity contribution in [3.63, 3.8) is 0 Å². The summed E-state index contributed by atoms with van der Waals surface area (Å²) in [7, 11) is 1.22. The molecule has 4 amide bonds. The SMILES string of the molecule is COC(=O)C1Cc2ccc(cc2)C[C@H](C)[C@H](NC(=O)c2ccc([N+](=O)[O-])cn2)C(=O)N2CCC[C@H]2C(=O)NCC(=O)N1. The first-order valence-corrected chi connectivity index (χ1v) is 13.5. The molecule has 1 aromatic carbocycles. The Morgan fingerprint density at radius 3 is 2.40 bits per heavy atom. The highest BCUT2D eigenvalue weighted by Crippen LogP contribution is 2.23. The van der Waals surface area contributed by atoms with Crippen LogP contribution in [0.2, 0.25) is 0 Å². The van der Waals surface area contributed by atoms with Crippen LogP contribution in [-0.4, -0.2) is 82.7 Å². The van der Waals surface area contributed by atoms with Crippen LogP contribution >= 0.6 is 0 Å². The molecule has 3 N–H and O–H groups in total. The highest BCUT2D eigenvalue weighted by Gasteiger charge is 2.40. The number of esters is 1. The number of nitrogens with zero attached hydrogens (tertiary/aromatic N) is 3. The van der Waals surface area contributed by atoms with Crippen molar-refractivity contribution in [2.24, 2.45) is 5.92 Å². The van der Waals surface area contributed by atoms with E-state index in [9.17, 15) is 34.1 Å². The number of pyridine rings is 1. The zero-order chi connectivity index (χ0) is 30.4. The molecule has 0 spiro atoms. The fourth-order valence-corrected chi connectivity index (χ4v) is 5.18. The molecule has 2 bridgehead atoms. The van der Waals surface area contributed by atoms with Crippen molar-refractivity contribution in [2.75, 3.05) is 20.2 Å². The number of nitro groups is 1. The fraction of sp³-hybridized carbons (Fsp3) is 0.429. The Kier molecular flexibility index (Phi) is 9.45. The van der Waals surface area contributed by atoms with E-state index in [-0.39, 0.29) is 24.3 Å². The number of aromatic nitrogens is 1. The van der Waals surface area contributed by atoms with Gasteiger partial charge in [0.2, 0.25) is 17.7 Å². The number of rotatable bonds is 4.